The number of nitrogens with zero attached hydrogens (tertiary/aromatic N) is 2. The van der Waals surface area contributed by atoms with E-state index in [1.165, 1.54) is 16.7 Å². The summed E-state index contributed by atoms with van der Waals surface area (Å²) in [6.45, 7) is 2.13. The highest BCUT2D eigenvalue weighted by Gasteiger charge is 2.49. The second kappa shape index (κ2) is 7.42. The van der Waals surface area contributed by atoms with Gasteiger partial charge in [-0.3, -0.25) is 0 Å². The van der Waals surface area contributed by atoms with Crippen molar-refractivity contribution in [3.63, 3.8) is 0 Å². The van der Waals surface area contributed by atoms with Crippen molar-refractivity contribution in [3.8, 4) is 0 Å². The summed E-state index contributed by atoms with van der Waals surface area (Å²) in [5.74, 6) is 0.641. The lowest BCUT2D eigenvalue weighted by atomic mass is 9.77. The Bertz CT molecular complexity index is 1040. The largest absolute Gasteiger partial charge is 0.319 e. The fraction of sp³-hybridized carbons (Fsp3) is 0.185. The smallest absolute Gasteiger partial charge is 0.124 e. The maximum Gasteiger partial charge on any atom is 0.124 e. The van der Waals surface area contributed by atoms with Crippen molar-refractivity contribution in [3.05, 3.63) is 126 Å². The maximum atomic E-state index is 11.4. The molecular weight excluding hydrogens is 368 g/mol. The Morgan fingerprint density at radius 1 is 0.800 bits per heavy atom. The van der Waals surface area contributed by atoms with E-state index >= 15 is 0 Å². The molecule has 5 rings (SSSR count). The molecule has 1 heterocycles. The third kappa shape index (κ3) is 2.81. The van der Waals surface area contributed by atoms with Crippen LogP contribution in [-0.4, -0.2) is 15.8 Å². The second-order valence-corrected chi connectivity index (χ2v) is 8.11. The van der Waals surface area contributed by atoms with Crippen molar-refractivity contribution in [2.75, 3.05) is 0 Å². The summed E-state index contributed by atoms with van der Waals surface area (Å²) in [5.41, 5.74) is 3.95. The van der Waals surface area contributed by atoms with E-state index in [1.54, 1.807) is 0 Å². The monoisotopic (exact) mass is 392 g/mol. The molecule has 3 atom stereocenters. The van der Waals surface area contributed by atoms with Crippen LogP contribution in [0.4, 0.5) is 0 Å². The Hall–Kier alpha value is -3.46. The highest BCUT2D eigenvalue weighted by Crippen LogP contribution is 2.52. The molecule has 1 aliphatic rings. The number of carbonyl (C=O) groups excluding carboxylic acids is 1. The molecule has 3 heteroatoms. The van der Waals surface area contributed by atoms with Crippen LogP contribution in [0.2, 0.25) is 0 Å². The molecule has 3 nitrogen and oxygen atoms in total. The minimum Gasteiger partial charge on any atom is -0.319 e. The Morgan fingerprint density at radius 2 is 1.27 bits per heavy atom. The van der Waals surface area contributed by atoms with Crippen molar-refractivity contribution in [1.29, 1.82) is 0 Å². The molecule has 0 amide bonds. The van der Waals surface area contributed by atoms with Crippen LogP contribution < -0.4 is 0 Å². The van der Waals surface area contributed by atoms with Gasteiger partial charge >= 0.3 is 0 Å². The Balaban J connectivity index is 1.77. The van der Waals surface area contributed by atoms with Crippen LogP contribution in [0.15, 0.2) is 104 Å². The first-order chi connectivity index (χ1) is 14.8. The van der Waals surface area contributed by atoms with Gasteiger partial charge in [0.05, 0.1) is 12.0 Å². The van der Waals surface area contributed by atoms with Crippen LogP contribution in [0.5, 0.6) is 0 Å². The third-order valence-electron chi connectivity index (χ3n) is 6.51. The van der Waals surface area contributed by atoms with Gasteiger partial charge < -0.3 is 9.36 Å². The predicted octanol–water partition coefficient (Wildman–Crippen LogP) is 5.27. The van der Waals surface area contributed by atoms with E-state index in [4.69, 9.17) is 4.98 Å². The van der Waals surface area contributed by atoms with Crippen LogP contribution in [0.1, 0.15) is 35.2 Å². The number of hydrogen-bond acceptors (Lipinski definition) is 2. The Morgan fingerprint density at radius 3 is 1.67 bits per heavy atom. The van der Waals surface area contributed by atoms with E-state index in [9.17, 15) is 4.79 Å². The van der Waals surface area contributed by atoms with E-state index < -0.39 is 5.54 Å². The highest BCUT2D eigenvalue weighted by molar-refractivity contribution is 5.62. The van der Waals surface area contributed by atoms with Crippen molar-refractivity contribution in [2.24, 2.45) is 11.8 Å². The van der Waals surface area contributed by atoms with Crippen LogP contribution in [0.3, 0.4) is 0 Å². The van der Waals surface area contributed by atoms with Gasteiger partial charge in [0.15, 0.2) is 0 Å². The maximum absolute atomic E-state index is 11.4. The number of imidazole rings is 1. The van der Waals surface area contributed by atoms with Crippen molar-refractivity contribution < 1.29 is 4.79 Å². The highest BCUT2D eigenvalue weighted by atomic mass is 16.1. The first-order valence-electron chi connectivity index (χ1n) is 10.4. The summed E-state index contributed by atoms with van der Waals surface area (Å²) in [7, 11) is 0. The van der Waals surface area contributed by atoms with Gasteiger partial charge in [-0.05, 0) is 22.6 Å². The molecule has 0 saturated heterocycles. The molecule has 0 spiro atoms. The number of aldehydes is 1. The van der Waals surface area contributed by atoms with Gasteiger partial charge in [-0.2, -0.15) is 0 Å². The van der Waals surface area contributed by atoms with E-state index in [-0.39, 0.29) is 11.8 Å². The predicted molar refractivity (Wildman–Crippen MR) is 118 cm³/mol. The number of carbonyl (C=O) groups is 1. The summed E-state index contributed by atoms with van der Waals surface area (Å²) in [6, 6.07) is 31.7. The van der Waals surface area contributed by atoms with Crippen LogP contribution in [-0.2, 0) is 10.3 Å². The van der Waals surface area contributed by atoms with Gasteiger partial charge in [0.1, 0.15) is 11.8 Å². The van der Waals surface area contributed by atoms with Gasteiger partial charge in [0, 0.05) is 18.0 Å². The van der Waals surface area contributed by atoms with Crippen molar-refractivity contribution in [1.82, 2.24) is 9.55 Å². The molecule has 148 valence electrons. The standard InChI is InChI=1S/C27H24N2O/c1-20-24(18-30)26(20)25-17-29(19-28-25)27(21-11-5-2-6-12-21,22-13-7-3-8-14-22)23-15-9-4-10-16-23/h2-20,24,26H,1H3. The number of aromatic nitrogens is 2. The number of hydrogen-bond donors (Lipinski definition) is 0. The van der Waals surface area contributed by atoms with Crippen molar-refractivity contribution >= 4 is 6.29 Å². The normalized spacial score (nSPS) is 20.6. The molecule has 30 heavy (non-hydrogen) atoms. The zero-order chi connectivity index (χ0) is 20.6. The van der Waals surface area contributed by atoms with Crippen molar-refractivity contribution in [2.45, 2.75) is 18.4 Å². The zero-order valence-corrected chi connectivity index (χ0v) is 16.9. The zero-order valence-electron chi connectivity index (χ0n) is 16.9. The average Bonchev–Trinajstić information content (AvgIpc) is 3.22. The molecular formula is C27H24N2O. The fourth-order valence-electron chi connectivity index (χ4n) is 4.85. The summed E-state index contributed by atoms with van der Waals surface area (Å²) in [6.07, 6.45) is 5.14. The minimum absolute atomic E-state index is 0.0768. The first-order valence-corrected chi connectivity index (χ1v) is 10.4. The molecule has 0 bridgehead atoms. The molecule has 0 radical (unpaired) electrons. The molecule has 1 aliphatic carbocycles. The SMILES string of the molecule is CC1C(C=O)C1c1cn(C(c2ccccc2)(c2ccccc2)c2ccccc2)cn1. The van der Waals surface area contributed by atoms with E-state index in [2.05, 4.69) is 90.5 Å². The van der Waals surface area contributed by atoms with Gasteiger partial charge in [-0.15, -0.1) is 0 Å². The number of rotatable bonds is 6. The first kappa shape index (κ1) is 18.6. The fourth-order valence-corrected chi connectivity index (χ4v) is 4.85. The molecule has 1 saturated carbocycles. The lowest BCUT2D eigenvalue weighted by molar-refractivity contribution is -0.109. The van der Waals surface area contributed by atoms with Crippen LogP contribution >= 0.6 is 0 Å². The number of benzene rings is 3. The lowest BCUT2D eigenvalue weighted by Gasteiger charge is -2.37. The van der Waals surface area contributed by atoms with E-state index in [0.29, 0.717) is 5.92 Å². The minimum atomic E-state index is -0.552. The summed E-state index contributed by atoms with van der Waals surface area (Å²) >= 11 is 0. The molecule has 3 aromatic carbocycles. The van der Waals surface area contributed by atoms with Gasteiger partial charge in [0.25, 0.3) is 0 Å². The molecule has 1 fully saturated rings. The quantitative estimate of drug-likeness (QED) is 0.331. The average molecular weight is 393 g/mol. The van der Waals surface area contributed by atoms with E-state index in [1.807, 2.05) is 24.5 Å². The molecule has 0 N–H and O–H groups in total. The van der Waals surface area contributed by atoms with Gasteiger partial charge in [-0.1, -0.05) is 97.9 Å². The van der Waals surface area contributed by atoms with E-state index in [0.717, 1.165) is 12.0 Å². The summed E-state index contributed by atoms with van der Waals surface area (Å²) < 4.78 is 2.22. The van der Waals surface area contributed by atoms with Crippen LogP contribution in [0.25, 0.3) is 0 Å². The Labute approximate surface area is 177 Å². The third-order valence-corrected chi connectivity index (χ3v) is 6.51. The lowest BCUT2D eigenvalue weighted by Crippen LogP contribution is -2.36. The summed E-state index contributed by atoms with van der Waals surface area (Å²) in [5, 5.41) is 0. The van der Waals surface area contributed by atoms with Crippen LogP contribution in [0, 0.1) is 11.8 Å². The second-order valence-electron chi connectivity index (χ2n) is 8.11. The molecule has 0 aliphatic heterocycles. The summed E-state index contributed by atoms with van der Waals surface area (Å²) in [4.78, 5) is 16.2. The molecule has 3 unspecified atom stereocenters. The van der Waals surface area contributed by atoms with Gasteiger partial charge in [-0.25, -0.2) is 4.98 Å². The molecule has 4 aromatic rings. The molecule has 1 aromatic heterocycles. The topological polar surface area (TPSA) is 34.9 Å². The van der Waals surface area contributed by atoms with Gasteiger partial charge in [0.2, 0.25) is 0 Å². The Kier molecular flexibility index (Phi) is 4.59.